The van der Waals surface area contributed by atoms with Gasteiger partial charge in [0.1, 0.15) is 12.3 Å². The van der Waals surface area contributed by atoms with Crippen LogP contribution in [0.4, 0.5) is 5.69 Å². The van der Waals surface area contributed by atoms with Gasteiger partial charge in [-0.05, 0) is 79.9 Å². The Kier molecular flexibility index (Phi) is 9.50. The lowest BCUT2D eigenvalue weighted by Crippen LogP contribution is -2.40. The van der Waals surface area contributed by atoms with Gasteiger partial charge < -0.3 is 4.74 Å². The van der Waals surface area contributed by atoms with E-state index in [0.717, 1.165) is 34.0 Å². The first-order valence-corrected chi connectivity index (χ1v) is 13.4. The van der Waals surface area contributed by atoms with Crippen molar-refractivity contribution < 1.29 is 17.9 Å². The van der Waals surface area contributed by atoms with Gasteiger partial charge in [0, 0.05) is 5.02 Å². The van der Waals surface area contributed by atoms with E-state index < -0.39 is 22.5 Å². The highest BCUT2D eigenvalue weighted by molar-refractivity contribution is 7.92. The van der Waals surface area contributed by atoms with Crippen molar-refractivity contribution in [2.45, 2.75) is 38.5 Å². The van der Waals surface area contributed by atoms with Crippen LogP contribution in [-0.2, 0) is 14.8 Å². The molecule has 0 bridgehead atoms. The molecule has 0 aromatic heterocycles. The van der Waals surface area contributed by atoms with Crippen LogP contribution in [0.1, 0.15) is 36.5 Å². The number of hydrogen-bond acceptors (Lipinski definition) is 5. The molecule has 36 heavy (non-hydrogen) atoms. The number of hydrogen-bond donors (Lipinski definition) is 1. The predicted octanol–water partition coefficient (Wildman–Crippen LogP) is 5.48. The van der Waals surface area contributed by atoms with Gasteiger partial charge in [0.15, 0.2) is 0 Å². The van der Waals surface area contributed by atoms with Gasteiger partial charge in [-0.1, -0.05) is 48.7 Å². The third-order valence-electron chi connectivity index (χ3n) is 5.45. The van der Waals surface area contributed by atoms with Crippen molar-refractivity contribution in [3.05, 3.63) is 88.4 Å². The first kappa shape index (κ1) is 27.2. The molecule has 3 aromatic rings. The maximum atomic E-state index is 13.5. The van der Waals surface area contributed by atoms with Gasteiger partial charge in [-0.3, -0.25) is 9.10 Å². The number of anilines is 1. The van der Waals surface area contributed by atoms with E-state index in [1.54, 1.807) is 37.3 Å². The monoisotopic (exact) mass is 527 g/mol. The number of amides is 1. The number of ether oxygens (including phenoxy) is 1. The van der Waals surface area contributed by atoms with Crippen LogP contribution in [-0.4, -0.2) is 33.7 Å². The zero-order valence-corrected chi connectivity index (χ0v) is 22.1. The van der Waals surface area contributed by atoms with Crippen molar-refractivity contribution in [1.29, 1.82) is 0 Å². The summed E-state index contributed by atoms with van der Waals surface area (Å²) in [6.45, 7) is 5.87. The van der Waals surface area contributed by atoms with Gasteiger partial charge in [-0.15, -0.1) is 0 Å². The molecule has 0 heterocycles. The van der Waals surface area contributed by atoms with Gasteiger partial charge >= 0.3 is 0 Å². The van der Waals surface area contributed by atoms with Crippen molar-refractivity contribution in [2.75, 3.05) is 17.5 Å². The van der Waals surface area contributed by atoms with E-state index in [2.05, 4.69) is 17.5 Å². The number of carbonyl (C=O) groups is 1. The number of benzene rings is 3. The lowest BCUT2D eigenvalue weighted by Gasteiger charge is -2.25. The molecular formula is C27H30ClN3O4S. The molecule has 0 saturated heterocycles. The predicted molar refractivity (Wildman–Crippen MR) is 144 cm³/mol. The first-order valence-electron chi connectivity index (χ1n) is 11.6. The summed E-state index contributed by atoms with van der Waals surface area (Å²) in [6.07, 6.45) is 3.53. The molecule has 0 aliphatic rings. The Balaban J connectivity index is 1.76. The fraction of sp³-hybridized carbons (Fsp3) is 0.259. The number of hydrazone groups is 1. The molecule has 3 rings (SSSR count). The molecule has 1 N–H and O–H groups in total. The van der Waals surface area contributed by atoms with E-state index >= 15 is 0 Å². The van der Waals surface area contributed by atoms with Crippen LogP contribution in [0.2, 0.25) is 5.02 Å². The summed E-state index contributed by atoms with van der Waals surface area (Å²) in [5.41, 5.74) is 4.96. The molecule has 3 aromatic carbocycles. The van der Waals surface area contributed by atoms with Crippen molar-refractivity contribution in [2.24, 2.45) is 5.10 Å². The van der Waals surface area contributed by atoms with E-state index in [1.165, 1.54) is 18.3 Å². The summed E-state index contributed by atoms with van der Waals surface area (Å²) in [4.78, 5) is 12.8. The average Bonchev–Trinajstić information content (AvgIpc) is 2.86. The highest BCUT2D eigenvalue weighted by Gasteiger charge is 2.28. The highest BCUT2D eigenvalue weighted by Crippen LogP contribution is 2.30. The normalized spacial score (nSPS) is 11.4. The smallest absolute Gasteiger partial charge is 0.264 e. The highest BCUT2D eigenvalue weighted by atomic mass is 35.5. The Bertz CT molecular complexity index is 1310. The van der Waals surface area contributed by atoms with Crippen LogP contribution in [0.5, 0.6) is 5.75 Å². The van der Waals surface area contributed by atoms with Crippen LogP contribution in [0, 0.1) is 13.8 Å². The van der Waals surface area contributed by atoms with Gasteiger partial charge in [0.25, 0.3) is 15.9 Å². The minimum absolute atomic E-state index is 0.0741. The first-order chi connectivity index (χ1) is 17.2. The number of unbranched alkanes of at least 4 members (excludes halogenated alkanes) is 1. The van der Waals surface area contributed by atoms with Crippen molar-refractivity contribution in [3.63, 3.8) is 0 Å². The quantitative estimate of drug-likeness (QED) is 0.203. The van der Waals surface area contributed by atoms with Crippen LogP contribution in [0.15, 0.2) is 76.7 Å². The SMILES string of the molecule is CCCCOc1ccc(/C=N\NC(=O)CN(c2cccc(Cl)c2C)S(=O)(=O)c2ccc(C)cc2)cc1. The van der Waals surface area contributed by atoms with E-state index in [9.17, 15) is 13.2 Å². The van der Waals surface area contributed by atoms with Crippen LogP contribution in [0.25, 0.3) is 0 Å². The zero-order valence-electron chi connectivity index (χ0n) is 20.6. The maximum Gasteiger partial charge on any atom is 0.264 e. The number of nitrogens with zero attached hydrogens (tertiary/aromatic N) is 2. The van der Waals surface area contributed by atoms with Crippen molar-refractivity contribution in [1.82, 2.24) is 5.43 Å². The molecule has 0 unspecified atom stereocenters. The molecule has 0 atom stereocenters. The van der Waals surface area contributed by atoms with Crippen LogP contribution >= 0.6 is 11.6 Å². The van der Waals surface area contributed by atoms with Crippen molar-refractivity contribution >= 4 is 39.4 Å². The van der Waals surface area contributed by atoms with E-state index in [0.29, 0.717) is 22.9 Å². The lowest BCUT2D eigenvalue weighted by molar-refractivity contribution is -0.119. The fourth-order valence-electron chi connectivity index (χ4n) is 3.33. The molecule has 0 aliphatic carbocycles. The number of nitrogens with one attached hydrogen (secondary N) is 1. The second-order valence-electron chi connectivity index (χ2n) is 8.27. The summed E-state index contributed by atoms with van der Waals surface area (Å²) in [5, 5.41) is 4.39. The molecule has 0 radical (unpaired) electrons. The third kappa shape index (κ3) is 7.08. The van der Waals surface area contributed by atoms with Gasteiger partial charge in [-0.25, -0.2) is 13.8 Å². The topological polar surface area (TPSA) is 88.1 Å². The molecule has 0 aliphatic heterocycles. The molecule has 0 saturated carbocycles. The minimum Gasteiger partial charge on any atom is -0.494 e. The fourth-order valence-corrected chi connectivity index (χ4v) is 4.98. The largest absolute Gasteiger partial charge is 0.494 e. The van der Waals surface area contributed by atoms with Gasteiger partial charge in [-0.2, -0.15) is 5.10 Å². The Morgan fingerprint density at radius 2 is 1.75 bits per heavy atom. The van der Waals surface area contributed by atoms with E-state index in [1.807, 2.05) is 31.2 Å². The van der Waals surface area contributed by atoms with Crippen molar-refractivity contribution in [3.8, 4) is 5.75 Å². The summed E-state index contributed by atoms with van der Waals surface area (Å²) >= 11 is 6.25. The molecule has 0 spiro atoms. The zero-order chi connectivity index (χ0) is 26.1. The number of carbonyl (C=O) groups excluding carboxylic acids is 1. The Morgan fingerprint density at radius 1 is 1.06 bits per heavy atom. The van der Waals surface area contributed by atoms with Gasteiger partial charge in [0.05, 0.1) is 23.4 Å². The molecule has 1 amide bonds. The number of sulfonamides is 1. The Morgan fingerprint density at radius 3 is 2.42 bits per heavy atom. The number of rotatable bonds is 11. The summed E-state index contributed by atoms with van der Waals surface area (Å²) < 4.78 is 33.7. The van der Waals surface area contributed by atoms with Crippen LogP contribution < -0.4 is 14.5 Å². The number of halogens is 1. The van der Waals surface area contributed by atoms with Gasteiger partial charge in [0.2, 0.25) is 0 Å². The average molecular weight is 528 g/mol. The molecule has 7 nitrogen and oxygen atoms in total. The number of aryl methyl sites for hydroxylation is 1. The third-order valence-corrected chi connectivity index (χ3v) is 7.64. The van der Waals surface area contributed by atoms with Crippen LogP contribution in [0.3, 0.4) is 0 Å². The summed E-state index contributed by atoms with van der Waals surface area (Å²) in [5.74, 6) is 0.166. The molecule has 9 heteroatoms. The lowest BCUT2D eigenvalue weighted by atomic mass is 10.2. The second-order valence-corrected chi connectivity index (χ2v) is 10.5. The van der Waals surface area contributed by atoms with E-state index in [4.69, 9.17) is 16.3 Å². The minimum atomic E-state index is -4.05. The Hall–Kier alpha value is -3.36. The standard InChI is InChI=1S/C27H30ClN3O4S/c1-4-5-17-35-23-13-11-22(12-14-23)18-29-30-27(32)19-31(26-8-6-7-25(28)21(26)3)36(33,34)24-15-9-20(2)10-16-24/h6-16,18H,4-5,17,19H2,1-3H3,(H,30,32)/b29-18-. The summed E-state index contributed by atoms with van der Waals surface area (Å²) in [6, 6.07) is 18.7. The molecule has 190 valence electrons. The molecular weight excluding hydrogens is 498 g/mol. The van der Waals surface area contributed by atoms with E-state index in [-0.39, 0.29) is 4.90 Å². The maximum absolute atomic E-state index is 13.5. The summed E-state index contributed by atoms with van der Waals surface area (Å²) in [7, 11) is -4.05. The Labute approximate surface area is 217 Å². The second kappa shape index (κ2) is 12.6. The molecule has 0 fully saturated rings.